The van der Waals surface area contributed by atoms with Gasteiger partial charge in [-0.3, -0.25) is 9.71 Å². The number of carbonyl (C=O) groups is 1. The standard InChI is InChI=1S/C15H16N2O5S/c1-10-4-5-11(9-16-10)17-23(19,20)12-6-7-13(15(18)22-3)14(8-12)21-2/h4-9,17H,1-3H3. The molecule has 0 aliphatic rings. The fourth-order valence-corrected chi connectivity index (χ4v) is 2.92. The van der Waals surface area contributed by atoms with Gasteiger partial charge in [0.2, 0.25) is 0 Å². The number of rotatable bonds is 5. The number of hydrogen-bond donors (Lipinski definition) is 1. The predicted octanol–water partition coefficient (Wildman–Crippen LogP) is 1.99. The van der Waals surface area contributed by atoms with Crippen molar-refractivity contribution in [2.24, 2.45) is 0 Å². The van der Waals surface area contributed by atoms with Gasteiger partial charge in [-0.15, -0.1) is 0 Å². The highest BCUT2D eigenvalue weighted by Crippen LogP contribution is 2.25. The molecule has 1 N–H and O–H groups in total. The highest BCUT2D eigenvalue weighted by atomic mass is 32.2. The minimum atomic E-state index is -3.83. The predicted molar refractivity (Wildman–Crippen MR) is 84.1 cm³/mol. The number of anilines is 1. The van der Waals surface area contributed by atoms with Gasteiger partial charge in [0.15, 0.2) is 0 Å². The number of esters is 1. The summed E-state index contributed by atoms with van der Waals surface area (Å²) in [5, 5.41) is 0. The van der Waals surface area contributed by atoms with Crippen molar-refractivity contribution in [2.75, 3.05) is 18.9 Å². The Morgan fingerprint density at radius 1 is 1.17 bits per heavy atom. The Balaban J connectivity index is 2.36. The van der Waals surface area contributed by atoms with E-state index in [1.165, 1.54) is 38.6 Å². The monoisotopic (exact) mass is 336 g/mol. The van der Waals surface area contributed by atoms with Crippen LogP contribution in [-0.4, -0.2) is 33.6 Å². The van der Waals surface area contributed by atoms with Crippen molar-refractivity contribution in [1.82, 2.24) is 4.98 Å². The summed E-state index contributed by atoms with van der Waals surface area (Å²) < 4.78 is 36.9. The molecule has 0 saturated heterocycles. The molecule has 1 heterocycles. The summed E-state index contributed by atoms with van der Waals surface area (Å²) in [4.78, 5) is 15.6. The molecule has 0 amide bonds. The lowest BCUT2D eigenvalue weighted by atomic mass is 10.2. The maximum atomic E-state index is 12.4. The first-order valence-electron chi connectivity index (χ1n) is 6.59. The van der Waals surface area contributed by atoms with Crippen molar-refractivity contribution in [2.45, 2.75) is 11.8 Å². The topological polar surface area (TPSA) is 94.6 Å². The number of sulfonamides is 1. The van der Waals surface area contributed by atoms with Crippen molar-refractivity contribution < 1.29 is 22.7 Å². The quantitative estimate of drug-likeness (QED) is 0.839. The van der Waals surface area contributed by atoms with Crippen molar-refractivity contribution in [3.8, 4) is 5.75 Å². The molecule has 0 aliphatic carbocycles. The molecule has 8 heteroatoms. The first kappa shape index (κ1) is 16.8. The Labute approximate surface area is 134 Å². The second kappa shape index (κ2) is 6.66. The molecular formula is C15H16N2O5S. The fraction of sp³-hybridized carbons (Fsp3) is 0.200. The molecule has 0 radical (unpaired) electrons. The largest absolute Gasteiger partial charge is 0.496 e. The van der Waals surface area contributed by atoms with Crippen LogP contribution in [0.25, 0.3) is 0 Å². The molecule has 0 saturated carbocycles. The van der Waals surface area contributed by atoms with E-state index in [-0.39, 0.29) is 16.2 Å². The van der Waals surface area contributed by atoms with E-state index in [1.807, 2.05) is 0 Å². The number of ether oxygens (including phenoxy) is 2. The van der Waals surface area contributed by atoms with Crippen LogP contribution in [0.2, 0.25) is 0 Å². The Morgan fingerprint density at radius 3 is 2.48 bits per heavy atom. The molecule has 0 fully saturated rings. The van der Waals surface area contributed by atoms with Crippen LogP contribution in [-0.2, 0) is 14.8 Å². The van der Waals surface area contributed by atoms with Gasteiger partial charge in [0, 0.05) is 11.8 Å². The fourth-order valence-electron chi connectivity index (χ4n) is 1.86. The number of nitrogens with zero attached hydrogens (tertiary/aromatic N) is 1. The zero-order valence-corrected chi connectivity index (χ0v) is 13.7. The average molecular weight is 336 g/mol. The summed E-state index contributed by atoms with van der Waals surface area (Å²) in [7, 11) is -1.25. The Hall–Kier alpha value is -2.61. The maximum Gasteiger partial charge on any atom is 0.341 e. The first-order valence-corrected chi connectivity index (χ1v) is 8.07. The van der Waals surface area contributed by atoms with Gasteiger partial charge in [-0.25, -0.2) is 13.2 Å². The number of nitrogens with one attached hydrogen (secondary N) is 1. The molecule has 23 heavy (non-hydrogen) atoms. The Morgan fingerprint density at radius 2 is 1.91 bits per heavy atom. The number of carbonyl (C=O) groups excluding carboxylic acids is 1. The summed E-state index contributed by atoms with van der Waals surface area (Å²) in [5.74, 6) is -0.497. The number of hydrogen-bond acceptors (Lipinski definition) is 6. The van der Waals surface area contributed by atoms with Gasteiger partial charge in [0.05, 0.1) is 31.0 Å². The van der Waals surface area contributed by atoms with Crippen molar-refractivity contribution in [3.05, 3.63) is 47.8 Å². The molecule has 0 atom stereocenters. The lowest BCUT2D eigenvalue weighted by Crippen LogP contribution is -2.14. The molecular weight excluding hydrogens is 320 g/mol. The van der Waals surface area contributed by atoms with Crippen LogP contribution in [0.15, 0.2) is 41.4 Å². The number of aryl methyl sites for hydroxylation is 1. The first-order chi connectivity index (χ1) is 10.9. The molecule has 0 spiro atoms. The third-order valence-electron chi connectivity index (χ3n) is 3.05. The van der Waals surface area contributed by atoms with Crippen molar-refractivity contribution >= 4 is 21.7 Å². The number of aromatic nitrogens is 1. The summed E-state index contributed by atoms with van der Waals surface area (Å²) >= 11 is 0. The zero-order chi connectivity index (χ0) is 17.0. The normalized spacial score (nSPS) is 10.9. The van der Waals surface area contributed by atoms with Crippen LogP contribution < -0.4 is 9.46 Å². The maximum absolute atomic E-state index is 12.4. The molecule has 1 aromatic carbocycles. The van der Waals surface area contributed by atoms with Gasteiger partial charge < -0.3 is 9.47 Å². The van der Waals surface area contributed by atoms with Gasteiger partial charge in [-0.1, -0.05) is 0 Å². The lowest BCUT2D eigenvalue weighted by Gasteiger charge is -2.11. The summed E-state index contributed by atoms with van der Waals surface area (Å²) in [6.45, 7) is 1.80. The van der Waals surface area contributed by atoms with E-state index < -0.39 is 16.0 Å². The number of benzene rings is 1. The van der Waals surface area contributed by atoms with E-state index >= 15 is 0 Å². The molecule has 2 rings (SSSR count). The van der Waals surface area contributed by atoms with Crippen LogP contribution >= 0.6 is 0 Å². The van der Waals surface area contributed by atoms with E-state index in [9.17, 15) is 13.2 Å². The molecule has 0 unspecified atom stereocenters. The van der Waals surface area contributed by atoms with E-state index in [4.69, 9.17) is 4.74 Å². The molecule has 1 aromatic heterocycles. The number of methoxy groups -OCH3 is 2. The van der Waals surface area contributed by atoms with E-state index in [2.05, 4.69) is 14.4 Å². The van der Waals surface area contributed by atoms with Gasteiger partial charge in [0.25, 0.3) is 10.0 Å². The van der Waals surface area contributed by atoms with Crippen molar-refractivity contribution in [3.63, 3.8) is 0 Å². The Kier molecular flexibility index (Phi) is 4.85. The Bertz CT molecular complexity index is 816. The molecule has 0 aliphatic heterocycles. The molecule has 122 valence electrons. The van der Waals surface area contributed by atoms with Gasteiger partial charge in [-0.2, -0.15) is 0 Å². The van der Waals surface area contributed by atoms with Gasteiger partial charge >= 0.3 is 5.97 Å². The van der Waals surface area contributed by atoms with Gasteiger partial charge in [0.1, 0.15) is 11.3 Å². The smallest absolute Gasteiger partial charge is 0.341 e. The van der Waals surface area contributed by atoms with Crippen LogP contribution in [0.5, 0.6) is 5.75 Å². The van der Waals surface area contributed by atoms with Crippen LogP contribution in [0.4, 0.5) is 5.69 Å². The molecule has 0 bridgehead atoms. The van der Waals surface area contributed by atoms with Gasteiger partial charge in [-0.05, 0) is 31.2 Å². The van der Waals surface area contributed by atoms with Crippen LogP contribution in [0, 0.1) is 6.92 Å². The second-order valence-electron chi connectivity index (χ2n) is 4.65. The van der Waals surface area contributed by atoms with Crippen LogP contribution in [0.3, 0.4) is 0 Å². The van der Waals surface area contributed by atoms with Crippen LogP contribution in [0.1, 0.15) is 16.1 Å². The van der Waals surface area contributed by atoms with E-state index in [0.717, 1.165) is 5.69 Å². The SMILES string of the molecule is COC(=O)c1ccc(S(=O)(=O)Nc2ccc(C)nc2)cc1OC. The summed E-state index contributed by atoms with van der Waals surface area (Å²) in [5.41, 5.74) is 1.26. The summed E-state index contributed by atoms with van der Waals surface area (Å²) in [6.07, 6.45) is 1.42. The third-order valence-corrected chi connectivity index (χ3v) is 4.43. The minimum Gasteiger partial charge on any atom is -0.496 e. The van der Waals surface area contributed by atoms with E-state index in [1.54, 1.807) is 19.1 Å². The highest BCUT2D eigenvalue weighted by Gasteiger charge is 2.20. The highest BCUT2D eigenvalue weighted by molar-refractivity contribution is 7.92. The minimum absolute atomic E-state index is 0.0393. The number of pyridine rings is 1. The van der Waals surface area contributed by atoms with Crippen molar-refractivity contribution in [1.29, 1.82) is 0 Å². The third kappa shape index (κ3) is 3.78. The average Bonchev–Trinajstić information content (AvgIpc) is 2.55. The van der Waals surface area contributed by atoms with E-state index in [0.29, 0.717) is 5.69 Å². The second-order valence-corrected chi connectivity index (χ2v) is 6.33. The molecule has 2 aromatic rings. The molecule has 7 nitrogen and oxygen atoms in total. The zero-order valence-electron chi connectivity index (χ0n) is 12.9. The summed E-state index contributed by atoms with van der Waals surface area (Å²) in [6, 6.07) is 7.21. The lowest BCUT2D eigenvalue weighted by molar-refractivity contribution is 0.0597.